The number of carbonyl (C=O) groups is 1. The quantitative estimate of drug-likeness (QED) is 0.570. The number of hydrogen-bond acceptors (Lipinski definition) is 6. The zero-order chi connectivity index (χ0) is 20.8. The Labute approximate surface area is 170 Å². The molecule has 1 aliphatic rings. The fourth-order valence-electron chi connectivity index (χ4n) is 3.45. The molecule has 154 valence electrons. The molecule has 0 aromatic heterocycles. The average Bonchev–Trinajstić information content (AvgIpc) is 2.71. The van der Waals surface area contributed by atoms with E-state index in [2.05, 4.69) is 27.2 Å². The van der Waals surface area contributed by atoms with Crippen molar-refractivity contribution in [2.24, 2.45) is 0 Å². The van der Waals surface area contributed by atoms with Crippen LogP contribution >= 0.6 is 0 Å². The molecule has 2 aromatic rings. The molecule has 0 spiro atoms. The maximum Gasteiger partial charge on any atom is 0.311 e. The normalized spacial score (nSPS) is 15.1. The van der Waals surface area contributed by atoms with Gasteiger partial charge >= 0.3 is 5.69 Å². The Balaban J connectivity index is 1.52. The van der Waals surface area contributed by atoms with Crippen molar-refractivity contribution in [2.75, 3.05) is 45.2 Å². The first-order chi connectivity index (χ1) is 14.0. The lowest BCUT2D eigenvalue weighted by atomic mass is 10.1. The van der Waals surface area contributed by atoms with Crippen molar-refractivity contribution in [1.29, 1.82) is 0 Å². The fourth-order valence-corrected chi connectivity index (χ4v) is 3.45. The van der Waals surface area contributed by atoms with Gasteiger partial charge in [0, 0.05) is 50.5 Å². The van der Waals surface area contributed by atoms with Crippen molar-refractivity contribution in [3.05, 3.63) is 63.7 Å². The van der Waals surface area contributed by atoms with E-state index in [9.17, 15) is 14.9 Å². The lowest BCUT2D eigenvalue weighted by molar-refractivity contribution is -0.385. The Morgan fingerprint density at radius 2 is 1.79 bits per heavy atom. The largest absolute Gasteiger partial charge is 0.490 e. The number of benzene rings is 2. The van der Waals surface area contributed by atoms with Crippen LogP contribution in [0.1, 0.15) is 11.1 Å². The first-order valence-corrected chi connectivity index (χ1v) is 9.58. The number of amides is 1. The molecule has 1 aliphatic heterocycles. The Bertz CT molecular complexity index is 864. The third-order valence-electron chi connectivity index (χ3n) is 5.08. The second kappa shape index (κ2) is 9.49. The van der Waals surface area contributed by atoms with Gasteiger partial charge in [0.25, 0.3) is 0 Å². The van der Waals surface area contributed by atoms with E-state index in [1.165, 1.54) is 24.8 Å². The highest BCUT2D eigenvalue weighted by atomic mass is 16.6. The van der Waals surface area contributed by atoms with Crippen molar-refractivity contribution < 1.29 is 14.5 Å². The number of nitrogens with zero attached hydrogens (tertiary/aromatic N) is 3. The summed E-state index contributed by atoms with van der Waals surface area (Å²) in [7, 11) is 1.37. The molecule has 1 heterocycles. The maximum atomic E-state index is 12.5. The van der Waals surface area contributed by atoms with Gasteiger partial charge < -0.3 is 10.1 Å². The maximum absolute atomic E-state index is 12.5. The Hall–Kier alpha value is -2.97. The molecule has 2 aromatic carbocycles. The highest BCUT2D eigenvalue weighted by Crippen LogP contribution is 2.32. The first kappa shape index (κ1) is 20.8. The third-order valence-corrected chi connectivity index (χ3v) is 5.08. The number of ether oxygens (including phenoxy) is 1. The molecular weight excluding hydrogens is 372 g/mol. The number of rotatable bonds is 7. The Morgan fingerprint density at radius 3 is 2.41 bits per heavy atom. The van der Waals surface area contributed by atoms with Crippen LogP contribution in [0.5, 0.6) is 5.75 Å². The molecule has 3 rings (SSSR count). The number of nitrogens with one attached hydrogen (secondary N) is 1. The molecule has 0 aliphatic carbocycles. The van der Waals surface area contributed by atoms with Gasteiger partial charge in [-0.25, -0.2) is 0 Å². The van der Waals surface area contributed by atoms with Crippen LogP contribution in [-0.4, -0.2) is 60.5 Å². The molecule has 1 fully saturated rings. The molecule has 0 bridgehead atoms. The van der Waals surface area contributed by atoms with Gasteiger partial charge in [-0.2, -0.15) is 0 Å². The topological polar surface area (TPSA) is 88.0 Å². The Morgan fingerprint density at radius 1 is 1.14 bits per heavy atom. The molecule has 29 heavy (non-hydrogen) atoms. The minimum Gasteiger partial charge on any atom is -0.490 e. The number of carbonyl (C=O) groups excluding carboxylic acids is 1. The van der Waals surface area contributed by atoms with Gasteiger partial charge in [-0.3, -0.25) is 24.7 Å². The summed E-state index contributed by atoms with van der Waals surface area (Å²) < 4.78 is 5.09. The molecule has 1 saturated heterocycles. The standard InChI is InChI=1S/C21H26N4O4/c1-16-12-19(25(27)28)20(29-2)13-18(16)22-21(26)15-24-10-8-23(9-11-24)14-17-6-4-3-5-7-17/h3-7,12-13H,8-11,14-15H2,1-2H3,(H,22,26). The fraction of sp³-hybridized carbons (Fsp3) is 0.381. The van der Waals surface area contributed by atoms with Crippen molar-refractivity contribution in [2.45, 2.75) is 13.5 Å². The molecule has 8 heteroatoms. The van der Waals surface area contributed by atoms with Crippen LogP contribution in [0.15, 0.2) is 42.5 Å². The van der Waals surface area contributed by atoms with Crippen molar-refractivity contribution in [3.63, 3.8) is 0 Å². The van der Waals surface area contributed by atoms with E-state index in [-0.39, 0.29) is 23.9 Å². The summed E-state index contributed by atoms with van der Waals surface area (Å²) in [5.74, 6) is -0.00839. The second-order valence-electron chi connectivity index (χ2n) is 7.18. The van der Waals surface area contributed by atoms with E-state index in [1.54, 1.807) is 6.92 Å². The average molecular weight is 398 g/mol. The van der Waals surface area contributed by atoms with Gasteiger partial charge in [-0.1, -0.05) is 30.3 Å². The van der Waals surface area contributed by atoms with Crippen molar-refractivity contribution >= 4 is 17.3 Å². The number of aryl methyl sites for hydroxylation is 1. The smallest absolute Gasteiger partial charge is 0.311 e. The number of nitro groups is 1. The van der Waals surface area contributed by atoms with Crippen LogP contribution in [-0.2, 0) is 11.3 Å². The third kappa shape index (κ3) is 5.52. The van der Waals surface area contributed by atoms with E-state index in [0.29, 0.717) is 11.3 Å². The Kier molecular flexibility index (Phi) is 6.79. The van der Waals surface area contributed by atoms with Gasteiger partial charge in [-0.05, 0) is 18.1 Å². The van der Waals surface area contributed by atoms with Crippen molar-refractivity contribution in [1.82, 2.24) is 9.80 Å². The molecule has 1 amide bonds. The summed E-state index contributed by atoms with van der Waals surface area (Å²) in [5.41, 5.74) is 2.33. The number of nitro benzene ring substituents is 1. The molecule has 8 nitrogen and oxygen atoms in total. The van der Waals surface area contributed by atoms with Gasteiger partial charge in [0.2, 0.25) is 5.91 Å². The van der Waals surface area contributed by atoms with Crippen LogP contribution in [0, 0.1) is 17.0 Å². The molecule has 0 radical (unpaired) electrons. The van der Waals surface area contributed by atoms with Crippen molar-refractivity contribution in [3.8, 4) is 5.75 Å². The molecular formula is C21H26N4O4. The zero-order valence-electron chi connectivity index (χ0n) is 16.8. The summed E-state index contributed by atoms with van der Waals surface area (Å²) in [6.07, 6.45) is 0. The summed E-state index contributed by atoms with van der Waals surface area (Å²) >= 11 is 0. The lowest BCUT2D eigenvalue weighted by Crippen LogP contribution is -2.48. The van der Waals surface area contributed by atoms with E-state index in [0.717, 1.165) is 32.7 Å². The summed E-state index contributed by atoms with van der Waals surface area (Å²) in [5, 5.41) is 14.0. The molecule has 0 atom stereocenters. The molecule has 0 unspecified atom stereocenters. The number of anilines is 1. The summed E-state index contributed by atoms with van der Waals surface area (Å²) in [4.78, 5) is 27.6. The van der Waals surface area contributed by atoms with Gasteiger partial charge in [-0.15, -0.1) is 0 Å². The predicted molar refractivity (Wildman–Crippen MR) is 111 cm³/mol. The highest BCUT2D eigenvalue weighted by Gasteiger charge is 2.21. The second-order valence-corrected chi connectivity index (χ2v) is 7.18. The van der Waals surface area contributed by atoms with E-state index in [1.807, 2.05) is 18.2 Å². The summed E-state index contributed by atoms with van der Waals surface area (Å²) in [6.45, 7) is 6.40. The first-order valence-electron chi connectivity index (χ1n) is 9.58. The predicted octanol–water partition coefficient (Wildman–Crippen LogP) is 2.67. The minimum atomic E-state index is -0.494. The van der Waals surface area contributed by atoms with Gasteiger partial charge in [0.15, 0.2) is 5.75 Å². The minimum absolute atomic E-state index is 0.113. The highest BCUT2D eigenvalue weighted by molar-refractivity contribution is 5.93. The number of piperazine rings is 1. The van der Waals surface area contributed by atoms with E-state index < -0.39 is 4.92 Å². The van der Waals surface area contributed by atoms with E-state index in [4.69, 9.17) is 4.74 Å². The van der Waals surface area contributed by atoms with Crippen LogP contribution in [0.3, 0.4) is 0 Å². The van der Waals surface area contributed by atoms with Gasteiger partial charge in [0.1, 0.15) is 0 Å². The monoisotopic (exact) mass is 398 g/mol. The zero-order valence-corrected chi connectivity index (χ0v) is 16.8. The summed E-state index contributed by atoms with van der Waals surface area (Å²) in [6, 6.07) is 13.3. The SMILES string of the molecule is COc1cc(NC(=O)CN2CCN(Cc3ccccc3)CC2)c(C)cc1[N+](=O)[O-]. The number of hydrogen-bond donors (Lipinski definition) is 1. The number of methoxy groups -OCH3 is 1. The van der Waals surface area contributed by atoms with Crippen LogP contribution in [0.2, 0.25) is 0 Å². The molecule has 0 saturated carbocycles. The van der Waals surface area contributed by atoms with Crippen LogP contribution < -0.4 is 10.1 Å². The molecule has 1 N–H and O–H groups in total. The van der Waals surface area contributed by atoms with Crippen LogP contribution in [0.4, 0.5) is 11.4 Å². The lowest BCUT2D eigenvalue weighted by Gasteiger charge is -2.34. The van der Waals surface area contributed by atoms with Gasteiger partial charge in [0.05, 0.1) is 18.6 Å². The van der Waals surface area contributed by atoms with E-state index >= 15 is 0 Å². The van der Waals surface area contributed by atoms with Crippen LogP contribution in [0.25, 0.3) is 0 Å².